The fraction of sp³-hybridized carbons (Fsp3) is 0.143. The van der Waals surface area contributed by atoms with Gasteiger partial charge >= 0.3 is 0 Å². The third-order valence-corrected chi connectivity index (χ3v) is 17.2. The lowest BCUT2D eigenvalue weighted by Gasteiger charge is -2.42. The zero-order valence-electron chi connectivity index (χ0n) is 32.6. The maximum Gasteiger partial charge on any atom is 0.117 e. The molecule has 2 aliphatic heterocycles. The second kappa shape index (κ2) is 10.4. The number of hydrogen-bond donors (Lipinski definition) is 0. The highest BCUT2D eigenvalue weighted by atomic mass is 28.3. The van der Waals surface area contributed by atoms with E-state index < -0.39 is 29.9 Å². The van der Waals surface area contributed by atoms with E-state index in [2.05, 4.69) is 109 Å². The van der Waals surface area contributed by atoms with Crippen LogP contribution in [0.1, 0.15) is 19.4 Å². The van der Waals surface area contributed by atoms with Crippen LogP contribution in [0.25, 0.3) is 11.1 Å². The van der Waals surface area contributed by atoms with E-state index in [4.69, 9.17) is 8.22 Å². The van der Waals surface area contributed by atoms with E-state index in [1.54, 1.807) is 12.1 Å². The van der Waals surface area contributed by atoms with Gasteiger partial charge in [0.05, 0.1) is 0 Å². The van der Waals surface area contributed by atoms with Crippen LogP contribution in [0.2, 0.25) is 26.2 Å². The van der Waals surface area contributed by atoms with Crippen molar-refractivity contribution in [3.8, 4) is 11.1 Å². The average molecular weight is 635 g/mol. The maximum atomic E-state index is 9.05. The molecule has 0 spiro atoms. The van der Waals surface area contributed by atoms with Gasteiger partial charge in [-0.1, -0.05) is 123 Å². The molecular formula is C42H40N2Si2. The van der Waals surface area contributed by atoms with E-state index >= 15 is 0 Å². The molecule has 0 aromatic heterocycles. The van der Waals surface area contributed by atoms with Gasteiger partial charge in [0.15, 0.2) is 0 Å². The summed E-state index contributed by atoms with van der Waals surface area (Å²) in [5, 5.41) is 4.87. The molecule has 2 aliphatic rings. The van der Waals surface area contributed by atoms with Gasteiger partial charge in [-0.25, -0.2) is 0 Å². The molecule has 0 N–H and O–H groups in total. The third-order valence-electron chi connectivity index (χ3n) is 10.1. The van der Waals surface area contributed by atoms with Crippen molar-refractivity contribution in [1.29, 1.82) is 0 Å². The summed E-state index contributed by atoms with van der Waals surface area (Å²) in [5.41, 5.74) is 5.88. The van der Waals surface area contributed by atoms with E-state index in [-0.39, 0.29) is 11.1 Å². The first-order chi connectivity index (χ1) is 24.6. The minimum atomic E-state index is -2.58. The summed E-state index contributed by atoms with van der Waals surface area (Å²) in [6, 6.07) is 44.1. The molecule has 0 saturated carbocycles. The SMILES string of the molecule is [2H]C([2H])([2H])c1c(-c2cccc(N3c4ccccc4[Si](C)(C)c4ccccc43)c2C([2H])([2H])[2H])cccc1N1c2ccccc2[Si](C)(C)c2ccccc21. The highest BCUT2D eigenvalue weighted by Gasteiger charge is 2.40. The molecule has 6 aromatic carbocycles. The van der Waals surface area contributed by atoms with Crippen molar-refractivity contribution in [3.63, 3.8) is 0 Å². The summed E-state index contributed by atoms with van der Waals surface area (Å²) in [6.45, 7) is 4.16. The Balaban J connectivity index is 1.43. The van der Waals surface area contributed by atoms with Crippen molar-refractivity contribution < 1.29 is 8.22 Å². The van der Waals surface area contributed by atoms with Crippen LogP contribution in [-0.2, 0) is 0 Å². The molecule has 2 nitrogen and oxygen atoms in total. The van der Waals surface area contributed by atoms with Crippen molar-refractivity contribution in [2.75, 3.05) is 9.80 Å². The molecule has 0 aliphatic carbocycles. The largest absolute Gasteiger partial charge is 0.310 e. The monoisotopic (exact) mass is 634 g/mol. The topological polar surface area (TPSA) is 6.48 Å². The van der Waals surface area contributed by atoms with Gasteiger partial charge < -0.3 is 9.80 Å². The second-order valence-corrected chi connectivity index (χ2v) is 22.0. The first-order valence-electron chi connectivity index (χ1n) is 18.9. The quantitative estimate of drug-likeness (QED) is 0.179. The Morgan fingerprint density at radius 2 is 0.652 bits per heavy atom. The smallest absolute Gasteiger partial charge is 0.117 e. The Hall–Kier alpha value is -4.65. The summed E-state index contributed by atoms with van der Waals surface area (Å²) < 4.78 is 54.3. The molecule has 0 saturated heterocycles. The zero-order chi connectivity index (χ0) is 36.8. The molecule has 4 heteroatoms. The Kier molecular flexibility index (Phi) is 5.18. The summed E-state index contributed by atoms with van der Waals surface area (Å²) in [7, 11) is -4.27. The molecule has 0 bridgehead atoms. The van der Waals surface area contributed by atoms with E-state index in [0.717, 1.165) is 22.7 Å². The zero-order valence-corrected chi connectivity index (χ0v) is 28.6. The molecular weight excluding hydrogens is 589 g/mol. The van der Waals surface area contributed by atoms with Crippen LogP contribution < -0.4 is 30.5 Å². The van der Waals surface area contributed by atoms with Crippen molar-refractivity contribution in [2.45, 2.75) is 39.9 Å². The molecule has 0 atom stereocenters. The van der Waals surface area contributed by atoms with Crippen molar-refractivity contribution in [3.05, 3.63) is 145 Å². The van der Waals surface area contributed by atoms with Gasteiger partial charge in [-0.3, -0.25) is 0 Å². The van der Waals surface area contributed by atoms with Crippen LogP contribution in [0.15, 0.2) is 133 Å². The first kappa shape index (κ1) is 22.8. The average Bonchev–Trinajstić information content (AvgIpc) is 3.11. The number of rotatable bonds is 3. The van der Waals surface area contributed by atoms with E-state index in [1.807, 2.05) is 48.5 Å². The van der Waals surface area contributed by atoms with Gasteiger partial charge in [-0.15, -0.1) is 0 Å². The van der Waals surface area contributed by atoms with Gasteiger partial charge in [0, 0.05) is 42.3 Å². The summed E-state index contributed by atoms with van der Waals surface area (Å²) in [4.78, 5) is 4.16. The van der Waals surface area contributed by atoms with Crippen LogP contribution in [0.5, 0.6) is 0 Å². The predicted molar refractivity (Wildman–Crippen MR) is 204 cm³/mol. The lowest BCUT2D eigenvalue weighted by atomic mass is 9.93. The summed E-state index contributed by atoms with van der Waals surface area (Å²) >= 11 is 0. The molecule has 226 valence electrons. The molecule has 0 amide bonds. The molecule has 46 heavy (non-hydrogen) atoms. The first-order valence-corrected chi connectivity index (χ1v) is 21.9. The number of hydrogen-bond acceptors (Lipinski definition) is 2. The predicted octanol–water partition coefficient (Wildman–Crippen LogP) is 9.18. The van der Waals surface area contributed by atoms with Crippen LogP contribution in [-0.4, -0.2) is 16.1 Å². The normalized spacial score (nSPS) is 17.9. The van der Waals surface area contributed by atoms with E-state index in [9.17, 15) is 0 Å². The van der Waals surface area contributed by atoms with Crippen molar-refractivity contribution in [2.24, 2.45) is 0 Å². The van der Waals surface area contributed by atoms with Crippen molar-refractivity contribution in [1.82, 2.24) is 0 Å². The number of fused-ring (bicyclic) bond motifs is 4. The highest BCUT2D eigenvalue weighted by Crippen LogP contribution is 2.45. The van der Waals surface area contributed by atoms with Crippen LogP contribution >= 0.6 is 0 Å². The highest BCUT2D eigenvalue weighted by molar-refractivity contribution is 7.03. The molecule has 0 fully saturated rings. The van der Waals surface area contributed by atoms with Crippen LogP contribution in [0, 0.1) is 13.7 Å². The Morgan fingerprint density at radius 1 is 0.370 bits per heavy atom. The number of benzene rings is 6. The van der Waals surface area contributed by atoms with Crippen LogP contribution in [0.3, 0.4) is 0 Å². The fourth-order valence-electron chi connectivity index (χ4n) is 7.76. The summed E-state index contributed by atoms with van der Waals surface area (Å²) in [6.07, 6.45) is 0. The Bertz CT molecular complexity index is 2120. The third kappa shape index (κ3) is 4.06. The van der Waals surface area contributed by atoms with Crippen LogP contribution in [0.4, 0.5) is 34.1 Å². The van der Waals surface area contributed by atoms with Gasteiger partial charge in [-0.05, 0) is 93.1 Å². The van der Waals surface area contributed by atoms with Gasteiger partial charge in [-0.2, -0.15) is 0 Å². The minimum Gasteiger partial charge on any atom is -0.310 e. The number of para-hydroxylation sites is 4. The van der Waals surface area contributed by atoms with Gasteiger partial charge in [0.25, 0.3) is 0 Å². The minimum absolute atomic E-state index is 0.122. The number of anilines is 6. The van der Waals surface area contributed by atoms with E-state index in [0.29, 0.717) is 22.5 Å². The summed E-state index contributed by atoms with van der Waals surface area (Å²) in [5.74, 6) is 0. The van der Waals surface area contributed by atoms with Gasteiger partial charge in [0.2, 0.25) is 0 Å². The molecule has 2 heterocycles. The second-order valence-electron chi connectivity index (χ2n) is 13.4. The molecule has 0 unspecified atom stereocenters. The van der Waals surface area contributed by atoms with Crippen molar-refractivity contribution >= 4 is 71.0 Å². The molecule has 8 rings (SSSR count). The molecule has 0 radical (unpaired) electrons. The van der Waals surface area contributed by atoms with Gasteiger partial charge in [0.1, 0.15) is 16.1 Å². The lowest BCUT2D eigenvalue weighted by Crippen LogP contribution is -2.58. The maximum absolute atomic E-state index is 9.05. The fourth-order valence-corrected chi connectivity index (χ4v) is 13.7. The van der Waals surface area contributed by atoms with E-state index in [1.165, 1.54) is 20.7 Å². The molecule has 6 aromatic rings. The Morgan fingerprint density at radius 3 is 0.957 bits per heavy atom. The standard InChI is InChI=1S/C42H40N2Si2/c1-29-31(17-15-23-33(29)43-35-19-7-11-25-39(35)45(3,4)40-26-12-8-20-36(40)43)32-18-16-24-34(30(32)2)44-37-21-9-13-27-41(37)46(5,6)42-28-14-10-22-38(42)44/h7-28H,1-6H3/i1D3,2D3. The lowest BCUT2D eigenvalue weighted by molar-refractivity contribution is 1.24. The number of nitrogens with zero attached hydrogens (tertiary/aromatic N) is 2. The Labute approximate surface area is 284 Å².